The molecular weight excluding hydrogens is 357 g/mol. The minimum Gasteiger partial charge on any atom is -0.489 e. The predicted octanol–water partition coefficient (Wildman–Crippen LogP) is 3.22. The highest BCUT2D eigenvalue weighted by atomic mass is 127. The SMILES string of the molecule is CC(C)(C#N)COc1cnc(OC(F)F)cc1I. The molecule has 18 heavy (non-hydrogen) atoms. The van der Waals surface area contributed by atoms with Crippen LogP contribution in [-0.2, 0) is 0 Å². The molecule has 0 amide bonds. The molecule has 1 heterocycles. The lowest BCUT2D eigenvalue weighted by molar-refractivity contribution is -0.0529. The maximum Gasteiger partial charge on any atom is 0.388 e. The first-order valence-electron chi connectivity index (χ1n) is 4.98. The smallest absolute Gasteiger partial charge is 0.388 e. The lowest BCUT2D eigenvalue weighted by Crippen LogP contribution is -2.19. The zero-order valence-corrected chi connectivity index (χ0v) is 11.9. The molecule has 7 heteroatoms. The summed E-state index contributed by atoms with van der Waals surface area (Å²) in [6, 6.07) is 3.45. The summed E-state index contributed by atoms with van der Waals surface area (Å²) in [5.41, 5.74) is -0.624. The van der Waals surface area contributed by atoms with Crippen molar-refractivity contribution in [2.45, 2.75) is 20.5 Å². The van der Waals surface area contributed by atoms with E-state index in [9.17, 15) is 8.78 Å². The van der Waals surface area contributed by atoms with Crippen LogP contribution < -0.4 is 9.47 Å². The Kier molecular flexibility index (Phi) is 5.07. The fourth-order valence-electron chi connectivity index (χ4n) is 0.953. The van der Waals surface area contributed by atoms with Crippen LogP contribution in [0.25, 0.3) is 0 Å². The fourth-order valence-corrected chi connectivity index (χ4v) is 1.51. The summed E-state index contributed by atoms with van der Waals surface area (Å²) in [4.78, 5) is 3.69. The highest BCUT2D eigenvalue weighted by molar-refractivity contribution is 14.1. The Morgan fingerprint density at radius 1 is 1.56 bits per heavy atom. The molecule has 1 aromatic heterocycles. The number of nitrogens with zero attached hydrogens (tertiary/aromatic N) is 2. The second kappa shape index (κ2) is 6.13. The summed E-state index contributed by atoms with van der Waals surface area (Å²) in [7, 11) is 0. The Morgan fingerprint density at radius 2 is 2.22 bits per heavy atom. The number of ether oxygens (including phenoxy) is 2. The molecule has 4 nitrogen and oxygen atoms in total. The number of hydrogen-bond acceptors (Lipinski definition) is 4. The number of halogens is 3. The Bertz CT molecular complexity index is 461. The van der Waals surface area contributed by atoms with Crippen molar-refractivity contribution in [3.05, 3.63) is 15.8 Å². The minimum absolute atomic E-state index is 0.165. The third kappa shape index (κ3) is 4.60. The molecular formula is C11H11F2IN2O2. The fraction of sp³-hybridized carbons (Fsp3) is 0.455. The predicted molar refractivity (Wildman–Crippen MR) is 68.5 cm³/mol. The van der Waals surface area contributed by atoms with Crippen LogP contribution in [0.1, 0.15) is 13.8 Å². The van der Waals surface area contributed by atoms with Crippen LogP contribution in [0.15, 0.2) is 12.3 Å². The summed E-state index contributed by atoms with van der Waals surface area (Å²) in [6.07, 6.45) is 1.30. The number of nitriles is 1. The van der Waals surface area contributed by atoms with E-state index in [4.69, 9.17) is 10.00 Å². The van der Waals surface area contributed by atoms with Crippen LogP contribution in [0, 0.1) is 20.3 Å². The molecule has 0 aromatic carbocycles. The van der Waals surface area contributed by atoms with Gasteiger partial charge in [-0.15, -0.1) is 0 Å². The van der Waals surface area contributed by atoms with Crippen LogP contribution in [-0.4, -0.2) is 18.2 Å². The van der Waals surface area contributed by atoms with Gasteiger partial charge in [0.25, 0.3) is 0 Å². The number of alkyl halides is 2. The van der Waals surface area contributed by atoms with E-state index < -0.39 is 12.0 Å². The molecule has 0 aliphatic carbocycles. The van der Waals surface area contributed by atoms with Gasteiger partial charge >= 0.3 is 6.61 Å². The summed E-state index contributed by atoms with van der Waals surface area (Å²) < 4.78 is 34.1. The standard InChI is InChI=1S/C11H11F2IN2O2/c1-11(2,5-15)6-17-8-4-16-9(3-7(8)14)18-10(12)13/h3-4,10H,6H2,1-2H3. The molecule has 0 aliphatic rings. The van der Waals surface area contributed by atoms with E-state index in [0.717, 1.165) is 0 Å². The van der Waals surface area contributed by atoms with Crippen LogP contribution >= 0.6 is 22.6 Å². The van der Waals surface area contributed by atoms with Crippen molar-refractivity contribution < 1.29 is 18.3 Å². The third-order valence-electron chi connectivity index (χ3n) is 1.90. The molecule has 0 aliphatic heterocycles. The van der Waals surface area contributed by atoms with E-state index in [2.05, 4.69) is 15.8 Å². The maximum atomic E-state index is 12.0. The largest absolute Gasteiger partial charge is 0.489 e. The molecule has 1 rings (SSSR count). The van der Waals surface area contributed by atoms with E-state index in [0.29, 0.717) is 9.32 Å². The quantitative estimate of drug-likeness (QED) is 0.749. The zero-order chi connectivity index (χ0) is 13.8. The van der Waals surface area contributed by atoms with Gasteiger partial charge in [-0.25, -0.2) is 4.98 Å². The van der Waals surface area contributed by atoms with Gasteiger partial charge in [0.2, 0.25) is 5.88 Å². The molecule has 0 radical (unpaired) electrons. The van der Waals surface area contributed by atoms with Crippen LogP contribution in [0.2, 0.25) is 0 Å². The lowest BCUT2D eigenvalue weighted by atomic mass is 9.98. The van der Waals surface area contributed by atoms with Gasteiger partial charge in [0.05, 0.1) is 21.3 Å². The molecule has 0 N–H and O–H groups in total. The Labute approximate surface area is 117 Å². The molecule has 0 saturated carbocycles. The van der Waals surface area contributed by atoms with Gasteiger partial charge in [0.15, 0.2) is 5.75 Å². The lowest BCUT2D eigenvalue weighted by Gasteiger charge is -2.16. The Balaban J connectivity index is 2.72. The van der Waals surface area contributed by atoms with Crippen LogP contribution in [0.4, 0.5) is 8.78 Å². The average Bonchev–Trinajstić information content (AvgIpc) is 2.27. The van der Waals surface area contributed by atoms with E-state index in [-0.39, 0.29) is 12.5 Å². The first-order valence-corrected chi connectivity index (χ1v) is 6.06. The number of rotatable bonds is 5. The highest BCUT2D eigenvalue weighted by Gasteiger charge is 2.18. The van der Waals surface area contributed by atoms with Gasteiger partial charge < -0.3 is 9.47 Å². The summed E-state index contributed by atoms with van der Waals surface area (Å²) in [6.45, 7) is 0.761. The normalized spacial score (nSPS) is 11.2. The molecule has 1 aromatic rings. The van der Waals surface area contributed by atoms with Gasteiger partial charge in [0.1, 0.15) is 6.61 Å². The number of hydrogen-bond donors (Lipinski definition) is 0. The first-order chi connectivity index (χ1) is 8.34. The summed E-state index contributed by atoms with van der Waals surface area (Å²) in [5, 5.41) is 8.83. The van der Waals surface area contributed by atoms with E-state index in [1.165, 1.54) is 12.3 Å². The molecule has 0 atom stereocenters. The average molecular weight is 368 g/mol. The maximum absolute atomic E-state index is 12.0. The van der Waals surface area contributed by atoms with Crippen molar-refractivity contribution >= 4 is 22.6 Å². The van der Waals surface area contributed by atoms with Crippen molar-refractivity contribution in [3.8, 4) is 17.7 Å². The molecule has 0 spiro atoms. The monoisotopic (exact) mass is 368 g/mol. The van der Waals surface area contributed by atoms with Gasteiger partial charge in [-0.1, -0.05) is 0 Å². The second-order valence-electron chi connectivity index (χ2n) is 4.12. The van der Waals surface area contributed by atoms with Gasteiger partial charge in [-0.05, 0) is 36.4 Å². The van der Waals surface area contributed by atoms with E-state index in [1.54, 1.807) is 13.8 Å². The molecule has 0 unspecified atom stereocenters. The van der Waals surface area contributed by atoms with Crippen molar-refractivity contribution in [3.63, 3.8) is 0 Å². The number of pyridine rings is 1. The molecule has 98 valence electrons. The number of aromatic nitrogens is 1. The van der Waals surface area contributed by atoms with Crippen LogP contribution in [0.3, 0.4) is 0 Å². The highest BCUT2D eigenvalue weighted by Crippen LogP contribution is 2.26. The molecule has 0 saturated heterocycles. The third-order valence-corrected chi connectivity index (χ3v) is 2.74. The van der Waals surface area contributed by atoms with Gasteiger partial charge in [0, 0.05) is 6.07 Å². The Hall–Kier alpha value is -1.17. The van der Waals surface area contributed by atoms with Crippen molar-refractivity contribution in [2.75, 3.05) is 6.61 Å². The van der Waals surface area contributed by atoms with Gasteiger partial charge in [-0.3, -0.25) is 0 Å². The zero-order valence-electron chi connectivity index (χ0n) is 9.78. The minimum atomic E-state index is -2.91. The van der Waals surface area contributed by atoms with E-state index >= 15 is 0 Å². The van der Waals surface area contributed by atoms with Crippen molar-refractivity contribution in [1.82, 2.24) is 4.98 Å². The van der Waals surface area contributed by atoms with E-state index in [1.807, 2.05) is 22.6 Å². The molecule has 0 fully saturated rings. The second-order valence-corrected chi connectivity index (χ2v) is 5.28. The van der Waals surface area contributed by atoms with Gasteiger partial charge in [-0.2, -0.15) is 14.0 Å². The topological polar surface area (TPSA) is 55.1 Å². The Morgan fingerprint density at radius 3 is 2.72 bits per heavy atom. The summed E-state index contributed by atoms with van der Waals surface area (Å²) >= 11 is 1.92. The van der Waals surface area contributed by atoms with Crippen molar-refractivity contribution in [2.24, 2.45) is 5.41 Å². The first kappa shape index (κ1) is 14.9. The molecule has 0 bridgehead atoms. The summed E-state index contributed by atoms with van der Waals surface area (Å²) in [5.74, 6) is 0.266. The van der Waals surface area contributed by atoms with Crippen LogP contribution in [0.5, 0.6) is 11.6 Å². The van der Waals surface area contributed by atoms with Crippen molar-refractivity contribution in [1.29, 1.82) is 5.26 Å².